The molecular formula is C17H14O5. The minimum absolute atomic E-state index is 0.0177. The van der Waals surface area contributed by atoms with Crippen LogP contribution in [0.15, 0.2) is 36.4 Å². The maximum absolute atomic E-state index is 12.6. The van der Waals surface area contributed by atoms with Crippen LogP contribution >= 0.6 is 0 Å². The summed E-state index contributed by atoms with van der Waals surface area (Å²) in [4.78, 5) is 24.0. The van der Waals surface area contributed by atoms with E-state index in [4.69, 9.17) is 9.84 Å². The van der Waals surface area contributed by atoms with Gasteiger partial charge in [-0.2, -0.15) is 0 Å². The van der Waals surface area contributed by atoms with Crippen LogP contribution in [0.1, 0.15) is 37.4 Å². The van der Waals surface area contributed by atoms with Gasteiger partial charge in [-0.25, -0.2) is 4.79 Å². The monoisotopic (exact) mass is 298 g/mol. The van der Waals surface area contributed by atoms with Gasteiger partial charge in [-0.15, -0.1) is 0 Å². The fraction of sp³-hybridized carbons (Fsp3) is 0.176. The van der Waals surface area contributed by atoms with Crippen LogP contribution in [0.3, 0.4) is 0 Å². The number of carboxylic acid groups (broad SMARTS) is 1. The molecule has 0 atom stereocenters. The van der Waals surface area contributed by atoms with E-state index in [0.29, 0.717) is 16.9 Å². The van der Waals surface area contributed by atoms with Crippen LogP contribution in [-0.4, -0.2) is 28.6 Å². The molecule has 1 aliphatic rings. The number of benzene rings is 2. The summed E-state index contributed by atoms with van der Waals surface area (Å²) in [5.41, 5.74) is 2.00. The molecule has 5 nitrogen and oxygen atoms in total. The maximum Gasteiger partial charge on any atom is 0.335 e. The minimum atomic E-state index is -1.13. The van der Waals surface area contributed by atoms with Crippen molar-refractivity contribution in [2.24, 2.45) is 0 Å². The lowest BCUT2D eigenvalue weighted by Crippen LogP contribution is -2.09. The predicted molar refractivity (Wildman–Crippen MR) is 78.4 cm³/mol. The average Bonchev–Trinajstić information content (AvgIpc) is 2.65. The molecule has 0 unspecified atom stereocenters. The third kappa shape index (κ3) is 2.35. The minimum Gasteiger partial charge on any atom is -0.488 e. The van der Waals surface area contributed by atoms with E-state index in [1.165, 1.54) is 6.07 Å². The Bertz CT molecular complexity index is 764. The molecule has 2 aromatic carbocycles. The smallest absolute Gasteiger partial charge is 0.335 e. The van der Waals surface area contributed by atoms with Crippen LogP contribution in [0.5, 0.6) is 5.75 Å². The fourth-order valence-electron chi connectivity index (χ4n) is 2.61. The largest absolute Gasteiger partial charge is 0.488 e. The van der Waals surface area contributed by atoms with Gasteiger partial charge in [0.1, 0.15) is 12.4 Å². The van der Waals surface area contributed by atoms with Crippen LogP contribution in [0.2, 0.25) is 0 Å². The maximum atomic E-state index is 12.6. The SMILES string of the molecule is O=C(O)c1cc2c(cc1CCO)OCc1ccccc1C2=O. The number of hydrogen-bond acceptors (Lipinski definition) is 4. The lowest BCUT2D eigenvalue weighted by molar-refractivity contribution is 0.0695. The number of hydrogen-bond donors (Lipinski definition) is 2. The molecule has 1 heterocycles. The highest BCUT2D eigenvalue weighted by atomic mass is 16.5. The molecule has 0 aliphatic carbocycles. The first-order valence-corrected chi connectivity index (χ1v) is 6.88. The zero-order chi connectivity index (χ0) is 15.7. The van der Waals surface area contributed by atoms with Crippen molar-refractivity contribution in [1.29, 1.82) is 0 Å². The van der Waals surface area contributed by atoms with Crippen molar-refractivity contribution in [2.75, 3.05) is 6.61 Å². The number of carbonyl (C=O) groups is 2. The summed E-state index contributed by atoms with van der Waals surface area (Å²) in [6, 6.07) is 9.99. The second-order valence-corrected chi connectivity index (χ2v) is 5.06. The van der Waals surface area contributed by atoms with Gasteiger partial charge in [-0.1, -0.05) is 24.3 Å². The average molecular weight is 298 g/mol. The Morgan fingerprint density at radius 3 is 2.68 bits per heavy atom. The van der Waals surface area contributed by atoms with Gasteiger partial charge in [-0.05, 0) is 24.1 Å². The second-order valence-electron chi connectivity index (χ2n) is 5.06. The summed E-state index contributed by atoms with van der Waals surface area (Å²) in [5.74, 6) is -1.02. The van der Waals surface area contributed by atoms with E-state index in [0.717, 1.165) is 5.56 Å². The molecule has 0 saturated carbocycles. The Morgan fingerprint density at radius 2 is 1.95 bits per heavy atom. The number of aromatic carboxylic acids is 1. The number of rotatable bonds is 3. The molecule has 2 aromatic rings. The van der Waals surface area contributed by atoms with Gasteiger partial charge in [-0.3, -0.25) is 4.79 Å². The Morgan fingerprint density at radius 1 is 1.18 bits per heavy atom. The van der Waals surface area contributed by atoms with Crippen molar-refractivity contribution in [3.63, 3.8) is 0 Å². The van der Waals surface area contributed by atoms with Crippen molar-refractivity contribution in [2.45, 2.75) is 13.0 Å². The standard InChI is InChI=1S/C17H14O5/c18-6-5-10-7-15-14(8-13(10)17(20)21)16(19)12-4-2-1-3-11(12)9-22-15/h1-4,7-8,18H,5-6,9H2,(H,20,21). The zero-order valence-corrected chi connectivity index (χ0v) is 11.7. The fourth-order valence-corrected chi connectivity index (χ4v) is 2.61. The zero-order valence-electron chi connectivity index (χ0n) is 11.7. The molecule has 0 amide bonds. The van der Waals surface area contributed by atoms with Crippen LogP contribution in [0, 0.1) is 0 Å². The van der Waals surface area contributed by atoms with Crippen LogP contribution in [0.25, 0.3) is 0 Å². The predicted octanol–water partition coefficient (Wildman–Crippen LogP) is 2.04. The number of ketones is 1. The van der Waals surface area contributed by atoms with Gasteiger partial charge < -0.3 is 14.9 Å². The highest BCUT2D eigenvalue weighted by Crippen LogP contribution is 2.31. The third-order valence-corrected chi connectivity index (χ3v) is 3.71. The van der Waals surface area contributed by atoms with E-state index in [1.807, 2.05) is 12.1 Å². The van der Waals surface area contributed by atoms with Gasteiger partial charge >= 0.3 is 5.97 Å². The van der Waals surface area contributed by atoms with E-state index in [-0.39, 0.29) is 36.5 Å². The molecule has 1 aliphatic heterocycles. The highest BCUT2D eigenvalue weighted by molar-refractivity contribution is 6.13. The number of aliphatic hydroxyl groups excluding tert-OH is 1. The lowest BCUT2D eigenvalue weighted by atomic mass is 9.95. The quantitative estimate of drug-likeness (QED) is 0.906. The molecule has 2 N–H and O–H groups in total. The summed E-state index contributed by atoms with van der Waals surface area (Å²) >= 11 is 0. The molecule has 22 heavy (non-hydrogen) atoms. The number of fused-ring (bicyclic) bond motifs is 2. The lowest BCUT2D eigenvalue weighted by Gasteiger charge is -2.11. The van der Waals surface area contributed by atoms with Gasteiger partial charge in [0.15, 0.2) is 5.78 Å². The molecule has 0 aromatic heterocycles. The molecule has 0 saturated heterocycles. The van der Waals surface area contributed by atoms with E-state index in [1.54, 1.807) is 18.2 Å². The van der Waals surface area contributed by atoms with Gasteiger partial charge in [0.05, 0.1) is 11.1 Å². The normalized spacial score (nSPS) is 12.9. The Balaban J connectivity index is 2.18. The van der Waals surface area contributed by atoms with E-state index in [9.17, 15) is 14.7 Å². The first-order valence-electron chi connectivity index (χ1n) is 6.88. The molecule has 0 fully saturated rings. The van der Waals surface area contributed by atoms with Crippen LogP contribution in [0.4, 0.5) is 0 Å². The number of ether oxygens (including phenoxy) is 1. The highest BCUT2D eigenvalue weighted by Gasteiger charge is 2.25. The number of aliphatic hydroxyl groups is 1. The van der Waals surface area contributed by atoms with E-state index < -0.39 is 5.97 Å². The molecule has 3 rings (SSSR count). The Kier molecular flexibility index (Phi) is 3.65. The molecule has 5 heteroatoms. The van der Waals surface area contributed by atoms with E-state index >= 15 is 0 Å². The summed E-state index contributed by atoms with van der Waals surface area (Å²) in [5, 5.41) is 18.4. The number of carbonyl (C=O) groups excluding carboxylic acids is 1. The van der Waals surface area contributed by atoms with Crippen molar-refractivity contribution in [1.82, 2.24) is 0 Å². The summed E-state index contributed by atoms with van der Waals surface area (Å²) in [6.07, 6.45) is 0.194. The topological polar surface area (TPSA) is 83.8 Å². The van der Waals surface area contributed by atoms with Crippen molar-refractivity contribution in [3.05, 3.63) is 64.2 Å². The van der Waals surface area contributed by atoms with Crippen LogP contribution < -0.4 is 4.74 Å². The second kappa shape index (κ2) is 5.61. The Labute approximate surface area is 126 Å². The van der Waals surface area contributed by atoms with Crippen molar-refractivity contribution < 1.29 is 24.5 Å². The number of carboxylic acids is 1. The van der Waals surface area contributed by atoms with Gasteiger partial charge in [0, 0.05) is 17.7 Å². The van der Waals surface area contributed by atoms with E-state index in [2.05, 4.69) is 0 Å². The summed E-state index contributed by atoms with van der Waals surface area (Å²) < 4.78 is 5.67. The summed E-state index contributed by atoms with van der Waals surface area (Å²) in [7, 11) is 0. The first kappa shape index (κ1) is 14.3. The molecule has 0 spiro atoms. The first-order chi connectivity index (χ1) is 10.6. The Hall–Kier alpha value is -2.66. The van der Waals surface area contributed by atoms with Crippen LogP contribution in [-0.2, 0) is 13.0 Å². The summed E-state index contributed by atoms with van der Waals surface area (Å²) in [6.45, 7) is 0.0765. The van der Waals surface area contributed by atoms with Crippen molar-refractivity contribution in [3.8, 4) is 5.75 Å². The molecular weight excluding hydrogens is 284 g/mol. The molecule has 0 radical (unpaired) electrons. The third-order valence-electron chi connectivity index (χ3n) is 3.71. The van der Waals surface area contributed by atoms with Gasteiger partial charge in [0.2, 0.25) is 0 Å². The van der Waals surface area contributed by atoms with Gasteiger partial charge in [0.25, 0.3) is 0 Å². The van der Waals surface area contributed by atoms with Crippen molar-refractivity contribution >= 4 is 11.8 Å². The molecule has 112 valence electrons. The molecule has 0 bridgehead atoms.